The predicted molar refractivity (Wildman–Crippen MR) is 61.0 cm³/mol. The van der Waals surface area contributed by atoms with E-state index in [0.29, 0.717) is 6.54 Å². The summed E-state index contributed by atoms with van der Waals surface area (Å²) in [6.45, 7) is 3.97. The molecule has 1 rings (SSSR count). The number of hydrogen-bond acceptors (Lipinski definition) is 3. The number of carbonyl (C=O) groups is 1. The monoisotopic (exact) mass is 223 g/mol. The maximum absolute atomic E-state index is 11.1. The van der Waals surface area contributed by atoms with Crippen molar-refractivity contribution in [3.8, 4) is 0 Å². The van der Waals surface area contributed by atoms with Crippen LogP contribution in [0.4, 0.5) is 4.79 Å². The van der Waals surface area contributed by atoms with Crippen molar-refractivity contribution in [3.05, 3.63) is 35.9 Å². The summed E-state index contributed by atoms with van der Waals surface area (Å²) in [5.41, 5.74) is 0.735. The van der Waals surface area contributed by atoms with Gasteiger partial charge in [0.2, 0.25) is 0 Å². The Labute approximate surface area is 95.2 Å². The summed E-state index contributed by atoms with van der Waals surface area (Å²) in [6, 6.07) is 9.12. The number of amides is 1. The van der Waals surface area contributed by atoms with Gasteiger partial charge in [-0.1, -0.05) is 30.3 Å². The van der Waals surface area contributed by atoms with Crippen molar-refractivity contribution in [3.63, 3.8) is 0 Å². The molecule has 0 bridgehead atoms. The van der Waals surface area contributed by atoms with E-state index in [1.165, 1.54) is 0 Å². The van der Waals surface area contributed by atoms with Crippen LogP contribution >= 0.6 is 0 Å². The van der Waals surface area contributed by atoms with Crippen molar-refractivity contribution < 1.29 is 14.6 Å². The standard InChI is InChI=1S/C12H17NO3/c1-3-13-12(15)16-9(2)11(14)10-7-5-4-6-8-10/h4-9,11,14H,3H2,1-2H3,(H,13,15). The van der Waals surface area contributed by atoms with E-state index in [1.807, 2.05) is 18.2 Å². The van der Waals surface area contributed by atoms with Crippen LogP contribution in [0.25, 0.3) is 0 Å². The molecule has 88 valence electrons. The summed E-state index contributed by atoms with van der Waals surface area (Å²) in [7, 11) is 0. The Hall–Kier alpha value is -1.55. The molecule has 0 aliphatic carbocycles. The Bertz CT molecular complexity index is 326. The third kappa shape index (κ3) is 3.55. The molecule has 0 saturated carbocycles. The van der Waals surface area contributed by atoms with Gasteiger partial charge in [0, 0.05) is 6.54 Å². The number of rotatable bonds is 4. The van der Waals surface area contributed by atoms with Crippen LogP contribution in [0.2, 0.25) is 0 Å². The summed E-state index contributed by atoms with van der Waals surface area (Å²) in [6.07, 6.45) is -1.89. The quantitative estimate of drug-likeness (QED) is 0.819. The first-order valence-corrected chi connectivity index (χ1v) is 5.32. The van der Waals surface area contributed by atoms with Crippen LogP contribution in [-0.4, -0.2) is 23.8 Å². The lowest BCUT2D eigenvalue weighted by atomic mass is 10.1. The van der Waals surface area contributed by atoms with Crippen molar-refractivity contribution in [1.82, 2.24) is 5.32 Å². The molecule has 0 radical (unpaired) electrons. The first-order valence-electron chi connectivity index (χ1n) is 5.32. The molecule has 1 amide bonds. The van der Waals surface area contributed by atoms with Crippen LogP contribution in [-0.2, 0) is 4.74 Å². The Morgan fingerprint density at radius 3 is 2.62 bits per heavy atom. The summed E-state index contributed by atoms with van der Waals surface area (Å²) >= 11 is 0. The second-order valence-corrected chi connectivity index (χ2v) is 3.50. The second-order valence-electron chi connectivity index (χ2n) is 3.50. The molecule has 0 aliphatic rings. The number of aliphatic hydroxyl groups is 1. The molecule has 0 saturated heterocycles. The van der Waals surface area contributed by atoms with Gasteiger partial charge in [-0.05, 0) is 19.4 Å². The summed E-state index contributed by atoms with van der Waals surface area (Å²) in [5.74, 6) is 0. The fourth-order valence-corrected chi connectivity index (χ4v) is 1.34. The number of alkyl carbamates (subject to hydrolysis) is 1. The highest BCUT2D eigenvalue weighted by molar-refractivity contribution is 5.67. The fraction of sp³-hybridized carbons (Fsp3) is 0.417. The molecule has 2 N–H and O–H groups in total. The zero-order chi connectivity index (χ0) is 12.0. The molecule has 2 atom stereocenters. The van der Waals surface area contributed by atoms with Gasteiger partial charge in [0.1, 0.15) is 12.2 Å². The fourth-order valence-electron chi connectivity index (χ4n) is 1.34. The topological polar surface area (TPSA) is 58.6 Å². The van der Waals surface area contributed by atoms with Gasteiger partial charge in [0.15, 0.2) is 0 Å². The number of ether oxygens (including phenoxy) is 1. The average Bonchev–Trinajstić information content (AvgIpc) is 2.29. The lowest BCUT2D eigenvalue weighted by Crippen LogP contribution is -2.30. The van der Waals surface area contributed by atoms with Gasteiger partial charge >= 0.3 is 6.09 Å². The van der Waals surface area contributed by atoms with Crippen molar-refractivity contribution >= 4 is 6.09 Å². The van der Waals surface area contributed by atoms with E-state index >= 15 is 0 Å². The van der Waals surface area contributed by atoms with Gasteiger partial charge in [-0.3, -0.25) is 0 Å². The molecule has 1 aromatic rings. The largest absolute Gasteiger partial charge is 0.443 e. The van der Waals surface area contributed by atoms with E-state index in [1.54, 1.807) is 26.0 Å². The Morgan fingerprint density at radius 1 is 1.44 bits per heavy atom. The first-order chi connectivity index (χ1) is 7.65. The molecule has 0 aliphatic heterocycles. The van der Waals surface area contributed by atoms with Gasteiger partial charge in [0.25, 0.3) is 0 Å². The minimum Gasteiger partial charge on any atom is -0.443 e. The van der Waals surface area contributed by atoms with Gasteiger partial charge in [0.05, 0.1) is 0 Å². The highest BCUT2D eigenvalue weighted by atomic mass is 16.6. The smallest absolute Gasteiger partial charge is 0.407 e. The van der Waals surface area contributed by atoms with Crippen molar-refractivity contribution in [2.75, 3.05) is 6.54 Å². The Kier molecular flexibility index (Phi) is 4.79. The highest BCUT2D eigenvalue weighted by Gasteiger charge is 2.19. The zero-order valence-corrected chi connectivity index (χ0v) is 9.51. The second kappa shape index (κ2) is 6.12. The average molecular weight is 223 g/mol. The van der Waals surface area contributed by atoms with Gasteiger partial charge in [-0.25, -0.2) is 4.79 Å². The zero-order valence-electron chi connectivity index (χ0n) is 9.51. The number of aliphatic hydroxyl groups excluding tert-OH is 1. The van der Waals surface area contributed by atoms with Gasteiger partial charge < -0.3 is 15.2 Å². The molecular weight excluding hydrogens is 206 g/mol. The third-order valence-corrected chi connectivity index (χ3v) is 2.20. The minimum atomic E-state index is -0.802. The Morgan fingerprint density at radius 2 is 2.06 bits per heavy atom. The Balaban J connectivity index is 2.54. The van der Waals surface area contributed by atoms with E-state index in [2.05, 4.69) is 5.32 Å². The van der Waals surface area contributed by atoms with Crippen LogP contribution in [0.15, 0.2) is 30.3 Å². The SMILES string of the molecule is CCNC(=O)OC(C)C(O)c1ccccc1. The molecule has 1 aromatic carbocycles. The molecular formula is C12H17NO3. The van der Waals surface area contributed by atoms with Crippen molar-refractivity contribution in [2.24, 2.45) is 0 Å². The highest BCUT2D eigenvalue weighted by Crippen LogP contribution is 2.18. The molecule has 0 fully saturated rings. The van der Waals surface area contributed by atoms with E-state index in [9.17, 15) is 9.90 Å². The van der Waals surface area contributed by atoms with E-state index < -0.39 is 18.3 Å². The van der Waals surface area contributed by atoms with E-state index in [-0.39, 0.29) is 0 Å². The summed E-state index contributed by atoms with van der Waals surface area (Å²) in [4.78, 5) is 11.1. The predicted octanol–water partition coefficient (Wildman–Crippen LogP) is 1.85. The van der Waals surface area contributed by atoms with Gasteiger partial charge in [-0.15, -0.1) is 0 Å². The van der Waals surface area contributed by atoms with Crippen LogP contribution in [0.5, 0.6) is 0 Å². The van der Waals surface area contributed by atoms with E-state index in [4.69, 9.17) is 4.74 Å². The number of nitrogens with one attached hydrogen (secondary N) is 1. The summed E-state index contributed by atoms with van der Waals surface area (Å²) < 4.78 is 5.01. The first kappa shape index (κ1) is 12.5. The molecule has 2 unspecified atom stereocenters. The van der Waals surface area contributed by atoms with Crippen LogP contribution < -0.4 is 5.32 Å². The lowest BCUT2D eigenvalue weighted by molar-refractivity contribution is 0.0121. The molecule has 4 nitrogen and oxygen atoms in total. The number of carbonyl (C=O) groups excluding carboxylic acids is 1. The molecule has 4 heteroatoms. The van der Waals surface area contributed by atoms with E-state index in [0.717, 1.165) is 5.56 Å². The maximum Gasteiger partial charge on any atom is 0.407 e. The van der Waals surface area contributed by atoms with Gasteiger partial charge in [-0.2, -0.15) is 0 Å². The van der Waals surface area contributed by atoms with Crippen LogP contribution in [0.1, 0.15) is 25.5 Å². The van der Waals surface area contributed by atoms with Crippen molar-refractivity contribution in [2.45, 2.75) is 26.1 Å². The normalized spacial score (nSPS) is 13.9. The van der Waals surface area contributed by atoms with Crippen molar-refractivity contribution in [1.29, 1.82) is 0 Å². The number of hydrogen-bond donors (Lipinski definition) is 2. The molecule has 0 spiro atoms. The summed E-state index contributed by atoms with van der Waals surface area (Å²) in [5, 5.41) is 12.4. The lowest BCUT2D eigenvalue weighted by Gasteiger charge is -2.19. The van der Waals surface area contributed by atoms with Crippen LogP contribution in [0.3, 0.4) is 0 Å². The minimum absolute atomic E-state index is 0.507. The molecule has 0 heterocycles. The maximum atomic E-state index is 11.1. The molecule has 0 aromatic heterocycles. The third-order valence-electron chi connectivity index (χ3n) is 2.20. The molecule has 16 heavy (non-hydrogen) atoms. The van der Waals surface area contributed by atoms with Crippen LogP contribution in [0, 0.1) is 0 Å². The number of benzene rings is 1.